The van der Waals surface area contributed by atoms with Gasteiger partial charge in [0.1, 0.15) is 5.82 Å². The summed E-state index contributed by atoms with van der Waals surface area (Å²) in [5.41, 5.74) is 0. The number of imidazole rings is 1. The molecule has 16 heavy (non-hydrogen) atoms. The van der Waals surface area contributed by atoms with Gasteiger partial charge in [-0.2, -0.15) is 0 Å². The number of hydrogen-bond donors (Lipinski definition) is 2. The van der Waals surface area contributed by atoms with Crippen molar-refractivity contribution in [2.45, 2.75) is 32.7 Å². The van der Waals surface area contributed by atoms with Crippen LogP contribution in [0.1, 0.15) is 25.6 Å². The minimum Gasteiger partial charge on any atom is -0.335 e. The highest BCUT2D eigenvalue weighted by molar-refractivity contribution is 7.79. The molecule has 6 heteroatoms. The van der Waals surface area contributed by atoms with Crippen LogP contribution in [0.5, 0.6) is 0 Å². The van der Waals surface area contributed by atoms with E-state index in [1.54, 1.807) is 0 Å². The van der Waals surface area contributed by atoms with Crippen molar-refractivity contribution in [2.75, 3.05) is 12.4 Å². The van der Waals surface area contributed by atoms with Crippen LogP contribution in [0, 0.1) is 0 Å². The quantitative estimate of drug-likeness (QED) is 0.529. The molecule has 0 spiro atoms. The topological polar surface area (TPSA) is 67.2 Å². The molecule has 1 unspecified atom stereocenters. The molecular weight excluding hydrogens is 226 g/mol. The molecule has 0 fully saturated rings. The maximum Gasteiger partial charge on any atom is 0.167 e. The molecule has 0 bridgehead atoms. The van der Waals surface area contributed by atoms with Gasteiger partial charge in [-0.25, -0.2) is 9.19 Å². The highest BCUT2D eigenvalue weighted by atomic mass is 32.2. The zero-order valence-corrected chi connectivity index (χ0v) is 10.4. The van der Waals surface area contributed by atoms with Crippen LogP contribution >= 0.6 is 0 Å². The Balaban J connectivity index is 2.09. The van der Waals surface area contributed by atoms with Crippen LogP contribution in [0.4, 0.5) is 0 Å². The van der Waals surface area contributed by atoms with E-state index in [0.717, 1.165) is 38.2 Å². The molecule has 0 radical (unpaired) electrons. The van der Waals surface area contributed by atoms with E-state index in [1.165, 1.54) is 0 Å². The normalized spacial score (nSPS) is 12.9. The third kappa shape index (κ3) is 4.87. The Labute approximate surface area is 98.6 Å². The lowest BCUT2D eigenvalue weighted by molar-refractivity contribution is 0.543. The van der Waals surface area contributed by atoms with Crippen molar-refractivity contribution in [3.8, 4) is 0 Å². The maximum absolute atomic E-state index is 10.3. The molecular formula is C10H19N3O2S. The van der Waals surface area contributed by atoms with E-state index < -0.39 is 11.1 Å². The van der Waals surface area contributed by atoms with Crippen LogP contribution in [0.2, 0.25) is 0 Å². The van der Waals surface area contributed by atoms with Gasteiger partial charge in [0.25, 0.3) is 0 Å². The summed E-state index contributed by atoms with van der Waals surface area (Å²) in [5, 5.41) is 2.92. The van der Waals surface area contributed by atoms with Gasteiger partial charge in [-0.3, -0.25) is 0 Å². The zero-order chi connectivity index (χ0) is 11.8. The Morgan fingerprint density at radius 3 is 3.06 bits per heavy atom. The van der Waals surface area contributed by atoms with E-state index >= 15 is 0 Å². The summed E-state index contributed by atoms with van der Waals surface area (Å²) in [6.45, 7) is 3.84. The van der Waals surface area contributed by atoms with Crippen molar-refractivity contribution in [3.63, 3.8) is 0 Å². The Bertz CT molecular complexity index is 328. The van der Waals surface area contributed by atoms with Crippen molar-refractivity contribution in [3.05, 3.63) is 18.2 Å². The van der Waals surface area contributed by atoms with Gasteiger partial charge in [-0.05, 0) is 19.4 Å². The molecule has 0 aliphatic rings. The number of aromatic nitrogens is 2. The lowest BCUT2D eigenvalue weighted by atomic mass is 10.3. The average molecular weight is 245 g/mol. The number of nitrogens with zero attached hydrogens (tertiary/aromatic N) is 2. The molecule has 2 N–H and O–H groups in total. The first-order valence-corrected chi connectivity index (χ1v) is 6.79. The lowest BCUT2D eigenvalue weighted by Crippen LogP contribution is -2.20. The smallest absolute Gasteiger partial charge is 0.167 e. The third-order valence-electron chi connectivity index (χ3n) is 2.35. The Hall–Kier alpha value is -0.720. The number of nitrogens with one attached hydrogen (secondary N) is 1. The Morgan fingerprint density at radius 2 is 2.38 bits per heavy atom. The van der Waals surface area contributed by atoms with Crippen molar-refractivity contribution in [2.24, 2.45) is 0 Å². The maximum atomic E-state index is 10.3. The first-order valence-electron chi connectivity index (χ1n) is 5.52. The number of hydrogen-bond acceptors (Lipinski definition) is 3. The Kier molecular flexibility index (Phi) is 6.29. The monoisotopic (exact) mass is 245 g/mol. The van der Waals surface area contributed by atoms with Gasteiger partial charge >= 0.3 is 0 Å². The number of aryl methyl sites for hydroxylation is 2. The number of unbranched alkanes of at least 4 members (excludes halogenated alkanes) is 1. The van der Waals surface area contributed by atoms with E-state index in [9.17, 15) is 4.21 Å². The second kappa shape index (κ2) is 7.54. The molecule has 5 nitrogen and oxygen atoms in total. The molecule has 92 valence electrons. The molecule has 1 aromatic heterocycles. The highest BCUT2D eigenvalue weighted by Gasteiger charge is 1.99. The van der Waals surface area contributed by atoms with E-state index in [1.807, 2.05) is 12.4 Å². The van der Waals surface area contributed by atoms with Crippen LogP contribution < -0.4 is 5.32 Å². The van der Waals surface area contributed by atoms with Gasteiger partial charge in [0, 0.05) is 25.4 Å². The standard InChI is InChI=1S/C10H19N3O2S/c1-2-10-12-6-8-13(10)7-4-3-5-11-9-16(14)15/h6,8,11H,2-5,7,9H2,1H3,(H,14,15). The van der Waals surface area contributed by atoms with E-state index in [2.05, 4.69) is 21.8 Å². The van der Waals surface area contributed by atoms with Gasteiger partial charge in [0.05, 0.1) is 5.88 Å². The minimum absolute atomic E-state index is 0.158. The predicted octanol–water partition coefficient (Wildman–Crippen LogP) is 0.995. The molecule has 0 aliphatic heterocycles. The average Bonchev–Trinajstić information content (AvgIpc) is 2.70. The second-order valence-corrected chi connectivity index (χ2v) is 4.49. The summed E-state index contributed by atoms with van der Waals surface area (Å²) in [5.74, 6) is 1.27. The molecule has 1 rings (SSSR count). The molecule has 1 heterocycles. The van der Waals surface area contributed by atoms with Gasteiger partial charge in [0.2, 0.25) is 0 Å². The fourth-order valence-corrected chi connectivity index (χ4v) is 1.87. The van der Waals surface area contributed by atoms with Crippen molar-refractivity contribution >= 4 is 11.1 Å². The molecule has 0 saturated carbocycles. The first kappa shape index (κ1) is 13.3. The Morgan fingerprint density at radius 1 is 1.56 bits per heavy atom. The highest BCUT2D eigenvalue weighted by Crippen LogP contribution is 2.01. The van der Waals surface area contributed by atoms with Crippen LogP contribution in [0.25, 0.3) is 0 Å². The van der Waals surface area contributed by atoms with Crippen molar-refractivity contribution < 1.29 is 8.76 Å². The van der Waals surface area contributed by atoms with Gasteiger partial charge in [-0.15, -0.1) is 0 Å². The van der Waals surface area contributed by atoms with Crippen LogP contribution in [0.15, 0.2) is 12.4 Å². The largest absolute Gasteiger partial charge is 0.335 e. The fraction of sp³-hybridized carbons (Fsp3) is 0.700. The summed E-state index contributed by atoms with van der Waals surface area (Å²) in [7, 11) is 0. The molecule has 0 aromatic carbocycles. The zero-order valence-electron chi connectivity index (χ0n) is 9.56. The van der Waals surface area contributed by atoms with Gasteiger partial charge < -0.3 is 14.4 Å². The van der Waals surface area contributed by atoms with Gasteiger partial charge in [0.15, 0.2) is 11.1 Å². The van der Waals surface area contributed by atoms with Crippen molar-refractivity contribution in [1.82, 2.24) is 14.9 Å². The SMILES string of the molecule is CCc1nccn1CCCCNCS(=O)O. The van der Waals surface area contributed by atoms with E-state index in [-0.39, 0.29) is 5.88 Å². The summed E-state index contributed by atoms with van der Waals surface area (Å²) < 4.78 is 21.0. The minimum atomic E-state index is -1.73. The number of rotatable bonds is 8. The molecule has 0 saturated heterocycles. The predicted molar refractivity (Wildman–Crippen MR) is 64.5 cm³/mol. The molecule has 1 atom stereocenters. The third-order valence-corrected chi connectivity index (χ3v) is 2.80. The molecule has 1 aromatic rings. The molecule has 0 amide bonds. The van der Waals surface area contributed by atoms with E-state index in [4.69, 9.17) is 4.55 Å². The van der Waals surface area contributed by atoms with Crippen LogP contribution in [-0.2, 0) is 24.0 Å². The van der Waals surface area contributed by atoms with Crippen molar-refractivity contribution in [1.29, 1.82) is 0 Å². The first-order chi connectivity index (χ1) is 7.74. The second-order valence-electron chi connectivity index (χ2n) is 3.56. The lowest BCUT2D eigenvalue weighted by Gasteiger charge is -2.06. The summed E-state index contributed by atoms with van der Waals surface area (Å²) in [6.07, 6.45) is 6.82. The summed E-state index contributed by atoms with van der Waals surface area (Å²) >= 11 is -1.73. The van der Waals surface area contributed by atoms with Crippen LogP contribution in [0.3, 0.4) is 0 Å². The summed E-state index contributed by atoms with van der Waals surface area (Å²) in [6, 6.07) is 0. The molecule has 0 aliphatic carbocycles. The van der Waals surface area contributed by atoms with Gasteiger partial charge in [-0.1, -0.05) is 6.92 Å². The van der Waals surface area contributed by atoms with E-state index in [0.29, 0.717) is 0 Å². The van der Waals surface area contributed by atoms with Crippen LogP contribution in [-0.4, -0.2) is 30.7 Å². The summed E-state index contributed by atoms with van der Waals surface area (Å²) in [4.78, 5) is 4.25. The fourth-order valence-electron chi connectivity index (χ4n) is 1.55.